The van der Waals surface area contributed by atoms with E-state index in [9.17, 15) is 19.4 Å². The molecule has 3 atom stereocenters. The van der Waals surface area contributed by atoms with Crippen LogP contribution in [0.2, 0.25) is 0 Å². The van der Waals surface area contributed by atoms with Gasteiger partial charge in [-0.05, 0) is 70.6 Å². The zero-order chi connectivity index (χ0) is 57.0. The molecule has 3 unspecified atom stereocenters. The summed E-state index contributed by atoms with van der Waals surface area (Å²) in [4.78, 5) is 23.4. The van der Waals surface area contributed by atoms with Crippen LogP contribution in [-0.2, 0) is 18.4 Å². The molecule has 0 bridgehead atoms. The smallest absolute Gasteiger partial charge is 0.387 e. The third-order valence-electron chi connectivity index (χ3n) is 15.5. The lowest BCUT2D eigenvalue weighted by molar-refractivity contribution is -0.870. The van der Waals surface area contributed by atoms with Crippen LogP contribution in [-0.4, -0.2) is 73.4 Å². The average Bonchev–Trinajstić information content (AvgIpc) is 3.41. The Labute approximate surface area is 486 Å². The third-order valence-corrected chi connectivity index (χ3v) is 16.5. The number of likely N-dealkylation sites (N-methyl/N-ethyl adjacent to an activating group) is 1. The summed E-state index contributed by atoms with van der Waals surface area (Å²) in [5.74, 6) is -0.186. The van der Waals surface area contributed by atoms with Gasteiger partial charge in [-0.2, -0.15) is 0 Å². The van der Waals surface area contributed by atoms with Gasteiger partial charge in [0.25, 0.3) is 0 Å². The molecule has 0 saturated carbocycles. The number of amides is 1. The highest BCUT2D eigenvalue weighted by molar-refractivity contribution is 7.47. The Morgan fingerprint density at radius 3 is 1.03 bits per heavy atom. The van der Waals surface area contributed by atoms with Gasteiger partial charge in [-0.15, -0.1) is 0 Å². The van der Waals surface area contributed by atoms with E-state index in [2.05, 4.69) is 55.6 Å². The summed E-state index contributed by atoms with van der Waals surface area (Å²) in [7, 11) is 1.56. The lowest BCUT2D eigenvalue weighted by atomic mass is 10.0. The van der Waals surface area contributed by atoms with Gasteiger partial charge >= 0.3 is 7.82 Å². The quantitative estimate of drug-likeness (QED) is 0.0243. The van der Waals surface area contributed by atoms with E-state index in [-0.39, 0.29) is 19.1 Å². The standard InChI is InChI=1S/C69H133N2O6P/c1-6-8-10-12-14-16-18-20-22-24-26-28-30-32-33-34-35-36-37-39-41-43-45-47-49-51-53-55-57-59-61-63-69(73)70-67(66-77-78(74,75)76-65-64-71(3,4)5)68(72)62-60-58-56-54-52-50-48-46-44-42-40-38-31-29-27-25-23-21-19-17-15-13-11-9-7-2/h32-33,44,46,52,54,60,62,67-68,72H,6-31,34-43,45,47-51,53,55-59,61,63-66H2,1-5H3,(H-,70,73,74,75)/p+1/b33-32-,46-44+,54-52+,62-60+. The van der Waals surface area contributed by atoms with Crippen LogP contribution in [0.4, 0.5) is 0 Å². The van der Waals surface area contributed by atoms with E-state index < -0.39 is 20.0 Å². The second-order valence-corrected chi connectivity index (χ2v) is 26.0. The van der Waals surface area contributed by atoms with Gasteiger partial charge in [0, 0.05) is 6.42 Å². The van der Waals surface area contributed by atoms with Crippen LogP contribution in [0.25, 0.3) is 0 Å². The second-order valence-electron chi connectivity index (χ2n) is 24.5. The molecular formula is C69H134N2O6P+. The minimum absolute atomic E-state index is 0.0540. The normalized spacial score (nSPS) is 14.0. The number of hydrogen-bond acceptors (Lipinski definition) is 5. The van der Waals surface area contributed by atoms with Crippen LogP contribution < -0.4 is 5.32 Å². The Balaban J connectivity index is 4.12. The van der Waals surface area contributed by atoms with Crippen molar-refractivity contribution >= 4 is 13.7 Å². The van der Waals surface area contributed by atoms with Crippen LogP contribution in [0.3, 0.4) is 0 Å². The number of unbranched alkanes of at least 4 members (excludes halogenated alkanes) is 44. The molecule has 0 spiro atoms. The summed E-state index contributed by atoms with van der Waals surface area (Å²) in [5.41, 5.74) is 0. The van der Waals surface area contributed by atoms with Gasteiger partial charge in [0.2, 0.25) is 5.91 Å². The van der Waals surface area contributed by atoms with E-state index in [1.165, 1.54) is 270 Å². The van der Waals surface area contributed by atoms with Crippen LogP contribution in [0.15, 0.2) is 48.6 Å². The van der Waals surface area contributed by atoms with Crippen LogP contribution in [0.5, 0.6) is 0 Å². The fourth-order valence-electron chi connectivity index (χ4n) is 10.2. The van der Waals surface area contributed by atoms with Crippen molar-refractivity contribution in [3.63, 3.8) is 0 Å². The molecule has 9 heteroatoms. The maximum atomic E-state index is 13.0. The number of aliphatic hydroxyl groups is 1. The number of aliphatic hydroxyl groups excluding tert-OH is 1. The molecule has 0 aliphatic heterocycles. The molecule has 3 N–H and O–H groups in total. The zero-order valence-corrected chi connectivity index (χ0v) is 53.6. The molecule has 0 heterocycles. The van der Waals surface area contributed by atoms with Crippen molar-refractivity contribution in [2.75, 3.05) is 40.9 Å². The number of rotatable bonds is 63. The van der Waals surface area contributed by atoms with Gasteiger partial charge in [-0.25, -0.2) is 4.57 Å². The summed E-state index contributed by atoms with van der Waals surface area (Å²) >= 11 is 0. The van der Waals surface area contributed by atoms with Crippen LogP contribution in [0.1, 0.15) is 335 Å². The van der Waals surface area contributed by atoms with E-state index >= 15 is 0 Å². The van der Waals surface area contributed by atoms with E-state index in [1.54, 1.807) is 6.08 Å². The first-order chi connectivity index (χ1) is 38.0. The second kappa shape index (κ2) is 60.1. The van der Waals surface area contributed by atoms with Crippen molar-refractivity contribution in [1.82, 2.24) is 5.32 Å². The van der Waals surface area contributed by atoms with E-state index in [1.807, 2.05) is 27.2 Å². The van der Waals surface area contributed by atoms with Crippen molar-refractivity contribution in [2.24, 2.45) is 0 Å². The Kier molecular flexibility index (Phi) is 58.9. The predicted molar refractivity (Wildman–Crippen MR) is 341 cm³/mol. The minimum atomic E-state index is -4.36. The summed E-state index contributed by atoms with van der Waals surface area (Å²) in [6.45, 7) is 4.84. The number of nitrogens with one attached hydrogen (secondary N) is 1. The predicted octanol–water partition coefficient (Wildman–Crippen LogP) is 21.4. The van der Waals surface area contributed by atoms with Crippen LogP contribution >= 0.6 is 7.82 Å². The molecule has 0 aromatic carbocycles. The minimum Gasteiger partial charge on any atom is -0.387 e. The Morgan fingerprint density at radius 1 is 0.423 bits per heavy atom. The Bertz CT molecular complexity index is 1410. The average molecular weight is 1120 g/mol. The number of carbonyl (C=O) groups is 1. The molecule has 78 heavy (non-hydrogen) atoms. The molecule has 0 fully saturated rings. The zero-order valence-electron chi connectivity index (χ0n) is 52.7. The van der Waals surface area contributed by atoms with Crippen molar-refractivity contribution in [3.8, 4) is 0 Å². The fraction of sp³-hybridized carbons (Fsp3) is 0.870. The maximum Gasteiger partial charge on any atom is 0.472 e. The molecule has 0 aromatic heterocycles. The molecule has 0 radical (unpaired) electrons. The van der Waals surface area contributed by atoms with Gasteiger partial charge in [0.1, 0.15) is 13.2 Å². The number of allylic oxidation sites excluding steroid dienone is 7. The maximum absolute atomic E-state index is 13.0. The molecular weight excluding hydrogens is 984 g/mol. The summed E-state index contributed by atoms with van der Waals surface area (Å²) in [5, 5.41) is 14.0. The molecule has 1 amide bonds. The van der Waals surface area contributed by atoms with E-state index in [0.29, 0.717) is 17.4 Å². The number of phosphoric acid groups is 1. The molecule has 460 valence electrons. The lowest BCUT2D eigenvalue weighted by Gasteiger charge is -2.25. The Morgan fingerprint density at radius 2 is 0.705 bits per heavy atom. The SMILES string of the molecule is CCCCCCCCCCCCCC/C=C\CCCCCCCCCCCCCCCCCC(=O)NC(COP(=O)(O)OCC[N+](C)(C)C)C(O)/C=C/CC/C=C/CC/C=C/CCCCCCCCCCCCCCCCC. The summed E-state index contributed by atoms with van der Waals surface area (Å²) < 4.78 is 23.8. The Hall–Kier alpha value is -1.54. The molecule has 0 aliphatic carbocycles. The topological polar surface area (TPSA) is 105 Å². The summed E-state index contributed by atoms with van der Waals surface area (Å²) in [6, 6.07) is -0.871. The number of phosphoric ester groups is 1. The first-order valence-electron chi connectivity index (χ1n) is 34.0. The van der Waals surface area contributed by atoms with Crippen molar-refractivity contribution < 1.29 is 32.9 Å². The van der Waals surface area contributed by atoms with Gasteiger partial charge in [0.05, 0.1) is 39.9 Å². The number of nitrogens with zero attached hydrogens (tertiary/aromatic N) is 1. The van der Waals surface area contributed by atoms with Crippen molar-refractivity contribution in [3.05, 3.63) is 48.6 Å². The van der Waals surface area contributed by atoms with E-state index in [0.717, 1.165) is 44.9 Å². The van der Waals surface area contributed by atoms with E-state index in [4.69, 9.17) is 9.05 Å². The highest BCUT2D eigenvalue weighted by atomic mass is 31.2. The third kappa shape index (κ3) is 62.1. The molecule has 0 rings (SSSR count). The highest BCUT2D eigenvalue weighted by Gasteiger charge is 2.28. The molecule has 0 saturated heterocycles. The molecule has 0 aliphatic rings. The number of carbonyl (C=O) groups excluding carboxylic acids is 1. The van der Waals surface area contributed by atoms with Gasteiger partial charge in [-0.3, -0.25) is 13.8 Å². The van der Waals surface area contributed by atoms with Crippen molar-refractivity contribution in [1.29, 1.82) is 0 Å². The van der Waals surface area contributed by atoms with Crippen molar-refractivity contribution in [2.45, 2.75) is 347 Å². The molecule has 0 aromatic rings. The lowest BCUT2D eigenvalue weighted by Crippen LogP contribution is -2.45. The van der Waals surface area contributed by atoms with Gasteiger partial charge < -0.3 is 19.8 Å². The van der Waals surface area contributed by atoms with Crippen LogP contribution in [0, 0.1) is 0 Å². The number of hydrogen-bond donors (Lipinski definition) is 3. The van der Waals surface area contributed by atoms with Gasteiger partial charge in [-0.1, -0.05) is 306 Å². The molecule has 8 nitrogen and oxygen atoms in total. The number of quaternary nitrogens is 1. The van der Waals surface area contributed by atoms with Gasteiger partial charge in [0.15, 0.2) is 0 Å². The first-order valence-corrected chi connectivity index (χ1v) is 35.5. The summed E-state index contributed by atoms with van der Waals surface area (Å²) in [6.07, 6.45) is 81.2. The monoisotopic (exact) mass is 1120 g/mol. The largest absolute Gasteiger partial charge is 0.472 e. The first kappa shape index (κ1) is 76.5. The fourth-order valence-corrected chi connectivity index (χ4v) is 10.9. The highest BCUT2D eigenvalue weighted by Crippen LogP contribution is 2.43.